The molecule has 0 aliphatic heterocycles. The van der Waals surface area contributed by atoms with Crippen LogP contribution in [-0.2, 0) is 22.6 Å². The van der Waals surface area contributed by atoms with Crippen molar-refractivity contribution in [1.29, 1.82) is 0 Å². The van der Waals surface area contributed by atoms with Crippen LogP contribution >= 0.6 is 0 Å². The standard InChI is InChI=1S/C14H22N2O4/c1-9(2)7-13-15-12(16-20-13)8-19-11-5-3-10(4-6-11)14(17)18/h9-11H,3-8H2,1-2H3,(H,17,18). The predicted octanol–water partition coefficient (Wildman–Crippen LogP) is 2.43. The summed E-state index contributed by atoms with van der Waals surface area (Å²) >= 11 is 0. The number of nitrogens with zero attached hydrogens (tertiary/aromatic N) is 2. The lowest BCUT2D eigenvalue weighted by atomic mass is 9.87. The number of aromatic nitrogens is 2. The molecule has 1 aromatic heterocycles. The quantitative estimate of drug-likeness (QED) is 0.862. The van der Waals surface area contributed by atoms with Gasteiger partial charge in [-0.2, -0.15) is 4.98 Å². The van der Waals surface area contributed by atoms with Gasteiger partial charge in [-0.15, -0.1) is 0 Å². The van der Waals surface area contributed by atoms with Gasteiger partial charge in [0, 0.05) is 6.42 Å². The summed E-state index contributed by atoms with van der Waals surface area (Å²) in [6.07, 6.45) is 3.82. The molecule has 0 spiro atoms. The molecular formula is C14H22N2O4. The normalized spacial score (nSPS) is 23.1. The Kier molecular flexibility index (Phi) is 5.11. The van der Waals surface area contributed by atoms with Crippen LogP contribution in [0.15, 0.2) is 4.52 Å². The first-order valence-electron chi connectivity index (χ1n) is 7.20. The highest BCUT2D eigenvalue weighted by Crippen LogP contribution is 2.26. The molecule has 6 nitrogen and oxygen atoms in total. The van der Waals surface area contributed by atoms with Gasteiger partial charge in [-0.1, -0.05) is 19.0 Å². The number of rotatable bonds is 6. The molecule has 20 heavy (non-hydrogen) atoms. The predicted molar refractivity (Wildman–Crippen MR) is 71.0 cm³/mol. The lowest BCUT2D eigenvalue weighted by molar-refractivity contribution is -0.143. The third-order valence-electron chi connectivity index (χ3n) is 3.56. The molecule has 1 aromatic rings. The summed E-state index contributed by atoms with van der Waals surface area (Å²) in [6, 6.07) is 0. The molecule has 1 heterocycles. The molecule has 0 aromatic carbocycles. The highest BCUT2D eigenvalue weighted by molar-refractivity contribution is 5.70. The van der Waals surface area contributed by atoms with E-state index in [1.54, 1.807) is 0 Å². The summed E-state index contributed by atoms with van der Waals surface area (Å²) in [7, 11) is 0. The molecule has 1 N–H and O–H groups in total. The fraction of sp³-hybridized carbons (Fsp3) is 0.786. The Morgan fingerprint density at radius 2 is 2.10 bits per heavy atom. The first kappa shape index (κ1) is 15.0. The Bertz CT molecular complexity index is 436. The van der Waals surface area contributed by atoms with Crippen LogP contribution in [0, 0.1) is 11.8 Å². The van der Waals surface area contributed by atoms with E-state index in [0.717, 1.165) is 19.3 Å². The van der Waals surface area contributed by atoms with Crippen LogP contribution in [0.25, 0.3) is 0 Å². The van der Waals surface area contributed by atoms with Crippen LogP contribution in [-0.4, -0.2) is 27.3 Å². The van der Waals surface area contributed by atoms with Crippen molar-refractivity contribution in [1.82, 2.24) is 10.1 Å². The van der Waals surface area contributed by atoms with E-state index >= 15 is 0 Å². The topological polar surface area (TPSA) is 85.5 Å². The Labute approximate surface area is 118 Å². The highest BCUT2D eigenvalue weighted by Gasteiger charge is 2.26. The number of hydrogen-bond donors (Lipinski definition) is 1. The van der Waals surface area contributed by atoms with Crippen molar-refractivity contribution in [2.24, 2.45) is 11.8 Å². The van der Waals surface area contributed by atoms with Crippen LogP contribution in [0.1, 0.15) is 51.2 Å². The molecule has 0 saturated heterocycles. The minimum atomic E-state index is -0.694. The summed E-state index contributed by atoms with van der Waals surface area (Å²) in [4.78, 5) is 15.1. The van der Waals surface area contributed by atoms with E-state index in [9.17, 15) is 4.79 Å². The Balaban J connectivity index is 1.73. The van der Waals surface area contributed by atoms with Crippen LogP contribution in [0.5, 0.6) is 0 Å². The Morgan fingerprint density at radius 3 is 2.70 bits per heavy atom. The summed E-state index contributed by atoms with van der Waals surface area (Å²) in [5, 5.41) is 12.8. The van der Waals surface area contributed by atoms with Gasteiger partial charge >= 0.3 is 5.97 Å². The zero-order valence-electron chi connectivity index (χ0n) is 12.0. The molecule has 0 radical (unpaired) electrons. The molecule has 1 aliphatic carbocycles. The van der Waals surface area contributed by atoms with Crippen molar-refractivity contribution >= 4 is 5.97 Å². The average Bonchev–Trinajstić information content (AvgIpc) is 2.83. The van der Waals surface area contributed by atoms with Gasteiger partial charge in [0.2, 0.25) is 5.89 Å². The number of carboxylic acids is 1. The van der Waals surface area contributed by atoms with Crippen molar-refractivity contribution in [2.45, 2.75) is 58.7 Å². The lowest BCUT2D eigenvalue weighted by Gasteiger charge is -2.25. The van der Waals surface area contributed by atoms with Gasteiger partial charge in [0.15, 0.2) is 5.82 Å². The number of carbonyl (C=O) groups is 1. The third kappa shape index (κ3) is 4.30. The van der Waals surface area contributed by atoms with E-state index < -0.39 is 5.97 Å². The van der Waals surface area contributed by atoms with Crippen LogP contribution < -0.4 is 0 Å². The fourth-order valence-electron chi connectivity index (χ4n) is 2.45. The van der Waals surface area contributed by atoms with E-state index in [1.165, 1.54) is 0 Å². The molecule has 1 saturated carbocycles. The van der Waals surface area contributed by atoms with E-state index in [1.807, 2.05) is 0 Å². The number of hydrogen-bond acceptors (Lipinski definition) is 5. The molecule has 0 amide bonds. The number of aliphatic carboxylic acids is 1. The lowest BCUT2D eigenvalue weighted by Crippen LogP contribution is -2.26. The number of carboxylic acid groups (broad SMARTS) is 1. The maximum absolute atomic E-state index is 10.9. The van der Waals surface area contributed by atoms with Gasteiger partial charge in [-0.05, 0) is 31.6 Å². The average molecular weight is 282 g/mol. The summed E-state index contributed by atoms with van der Waals surface area (Å²) in [6.45, 7) is 4.53. The Morgan fingerprint density at radius 1 is 1.40 bits per heavy atom. The maximum atomic E-state index is 10.9. The minimum Gasteiger partial charge on any atom is -0.481 e. The van der Waals surface area contributed by atoms with E-state index in [2.05, 4.69) is 24.0 Å². The molecule has 2 rings (SSSR count). The zero-order chi connectivity index (χ0) is 14.5. The minimum absolute atomic E-state index is 0.109. The number of ether oxygens (including phenoxy) is 1. The van der Waals surface area contributed by atoms with Crippen LogP contribution in [0.4, 0.5) is 0 Å². The zero-order valence-corrected chi connectivity index (χ0v) is 12.0. The van der Waals surface area contributed by atoms with Gasteiger partial charge in [-0.25, -0.2) is 0 Å². The maximum Gasteiger partial charge on any atom is 0.306 e. The van der Waals surface area contributed by atoms with Gasteiger partial charge in [-0.3, -0.25) is 4.79 Å². The van der Waals surface area contributed by atoms with Gasteiger partial charge in [0.05, 0.1) is 12.0 Å². The highest BCUT2D eigenvalue weighted by atomic mass is 16.5. The SMILES string of the molecule is CC(C)Cc1nc(COC2CCC(C(=O)O)CC2)no1. The molecule has 1 fully saturated rings. The largest absolute Gasteiger partial charge is 0.481 e. The third-order valence-corrected chi connectivity index (χ3v) is 3.56. The van der Waals surface area contributed by atoms with E-state index in [4.69, 9.17) is 14.4 Å². The second-order valence-corrected chi connectivity index (χ2v) is 5.83. The molecule has 0 bridgehead atoms. The molecule has 0 atom stereocenters. The smallest absolute Gasteiger partial charge is 0.306 e. The van der Waals surface area contributed by atoms with Crippen LogP contribution in [0.2, 0.25) is 0 Å². The van der Waals surface area contributed by atoms with Crippen molar-refractivity contribution in [3.8, 4) is 0 Å². The summed E-state index contributed by atoms with van der Waals surface area (Å²) in [5.74, 6) is 0.794. The first-order chi connectivity index (χ1) is 9.54. The van der Waals surface area contributed by atoms with Crippen molar-refractivity contribution in [2.75, 3.05) is 0 Å². The Hall–Kier alpha value is -1.43. The first-order valence-corrected chi connectivity index (χ1v) is 7.20. The second-order valence-electron chi connectivity index (χ2n) is 5.83. The molecule has 6 heteroatoms. The van der Waals surface area contributed by atoms with E-state index in [-0.39, 0.29) is 12.0 Å². The molecule has 0 unspecified atom stereocenters. The van der Waals surface area contributed by atoms with Crippen molar-refractivity contribution in [3.05, 3.63) is 11.7 Å². The summed E-state index contributed by atoms with van der Waals surface area (Å²) < 4.78 is 10.9. The van der Waals surface area contributed by atoms with Crippen molar-refractivity contribution < 1.29 is 19.2 Å². The monoisotopic (exact) mass is 282 g/mol. The molecule has 112 valence electrons. The van der Waals surface area contributed by atoms with E-state index in [0.29, 0.717) is 37.1 Å². The van der Waals surface area contributed by atoms with Crippen molar-refractivity contribution in [3.63, 3.8) is 0 Å². The molecular weight excluding hydrogens is 260 g/mol. The van der Waals surface area contributed by atoms with Gasteiger partial charge < -0.3 is 14.4 Å². The fourth-order valence-corrected chi connectivity index (χ4v) is 2.45. The van der Waals surface area contributed by atoms with Crippen LogP contribution in [0.3, 0.4) is 0 Å². The van der Waals surface area contributed by atoms with Gasteiger partial charge in [0.1, 0.15) is 6.61 Å². The summed E-state index contributed by atoms with van der Waals surface area (Å²) in [5.41, 5.74) is 0. The van der Waals surface area contributed by atoms with Gasteiger partial charge in [0.25, 0.3) is 0 Å². The second kappa shape index (κ2) is 6.83. The molecule has 1 aliphatic rings.